The van der Waals surface area contributed by atoms with Gasteiger partial charge in [-0.1, -0.05) is 24.3 Å². The Hall–Kier alpha value is -2.49. The molecule has 0 fully saturated rings. The molecule has 0 atom stereocenters. The first kappa shape index (κ1) is 14.4. The number of ether oxygens (including phenoxy) is 2. The van der Waals surface area contributed by atoms with Gasteiger partial charge in [-0.15, -0.1) is 0 Å². The lowest BCUT2D eigenvalue weighted by Gasteiger charge is -2.13. The van der Waals surface area contributed by atoms with Gasteiger partial charge in [0.2, 0.25) is 0 Å². The van der Waals surface area contributed by atoms with Crippen LogP contribution in [0.2, 0.25) is 0 Å². The number of hydrogen-bond acceptors (Lipinski definition) is 3. The monoisotopic (exact) mass is 297 g/mol. The van der Waals surface area contributed by atoms with Crippen LogP contribution >= 0.6 is 0 Å². The number of amides is 1. The highest BCUT2D eigenvalue weighted by atomic mass is 16.5. The molecule has 1 amide bonds. The van der Waals surface area contributed by atoms with E-state index in [0.717, 1.165) is 12.8 Å². The number of nitrogens with one attached hydrogen (secondary N) is 1. The highest BCUT2D eigenvalue weighted by molar-refractivity contribution is 5.95. The molecule has 4 nitrogen and oxygen atoms in total. The Morgan fingerprint density at radius 2 is 1.64 bits per heavy atom. The van der Waals surface area contributed by atoms with Gasteiger partial charge in [-0.25, -0.2) is 0 Å². The summed E-state index contributed by atoms with van der Waals surface area (Å²) in [5.74, 6) is 1.09. The minimum atomic E-state index is -0.0845. The van der Waals surface area contributed by atoms with Gasteiger partial charge in [0.25, 0.3) is 5.91 Å². The van der Waals surface area contributed by atoms with Gasteiger partial charge >= 0.3 is 0 Å². The zero-order valence-electron chi connectivity index (χ0n) is 12.8. The SMILES string of the molecule is COc1ccc(C(=O)NC2Cc3ccccc3C2)cc1OC. The van der Waals surface area contributed by atoms with Crippen molar-refractivity contribution >= 4 is 5.91 Å². The van der Waals surface area contributed by atoms with E-state index in [1.807, 2.05) is 12.1 Å². The third-order valence-corrected chi connectivity index (χ3v) is 4.03. The average Bonchev–Trinajstić information content (AvgIpc) is 2.96. The summed E-state index contributed by atoms with van der Waals surface area (Å²) in [5.41, 5.74) is 3.22. The van der Waals surface area contributed by atoms with Gasteiger partial charge in [0, 0.05) is 11.6 Å². The maximum atomic E-state index is 12.4. The Morgan fingerprint density at radius 1 is 1.00 bits per heavy atom. The second-order valence-corrected chi connectivity index (χ2v) is 5.42. The van der Waals surface area contributed by atoms with E-state index in [-0.39, 0.29) is 11.9 Å². The molecular formula is C18H19NO3. The summed E-state index contributed by atoms with van der Waals surface area (Å²) in [4.78, 5) is 12.4. The number of benzene rings is 2. The summed E-state index contributed by atoms with van der Waals surface area (Å²) in [5, 5.41) is 3.10. The normalized spacial score (nSPS) is 13.5. The smallest absolute Gasteiger partial charge is 0.251 e. The molecule has 2 aromatic rings. The molecule has 0 unspecified atom stereocenters. The Labute approximate surface area is 130 Å². The molecule has 0 saturated heterocycles. The van der Waals surface area contributed by atoms with Gasteiger partial charge in [0.1, 0.15) is 0 Å². The summed E-state index contributed by atoms with van der Waals surface area (Å²) < 4.78 is 10.4. The minimum absolute atomic E-state index is 0.0845. The molecule has 22 heavy (non-hydrogen) atoms. The van der Waals surface area contributed by atoms with E-state index >= 15 is 0 Å². The fourth-order valence-corrected chi connectivity index (χ4v) is 2.91. The lowest BCUT2D eigenvalue weighted by atomic mass is 10.1. The molecule has 0 aliphatic heterocycles. The van der Waals surface area contributed by atoms with E-state index < -0.39 is 0 Å². The minimum Gasteiger partial charge on any atom is -0.493 e. The molecule has 0 saturated carbocycles. The van der Waals surface area contributed by atoms with Crippen molar-refractivity contribution in [2.45, 2.75) is 18.9 Å². The molecule has 4 heteroatoms. The maximum absolute atomic E-state index is 12.4. The van der Waals surface area contributed by atoms with Gasteiger partial charge in [-0.2, -0.15) is 0 Å². The van der Waals surface area contributed by atoms with E-state index in [1.165, 1.54) is 11.1 Å². The maximum Gasteiger partial charge on any atom is 0.251 e. The van der Waals surface area contributed by atoms with E-state index in [4.69, 9.17) is 9.47 Å². The van der Waals surface area contributed by atoms with Crippen LogP contribution in [0.3, 0.4) is 0 Å². The van der Waals surface area contributed by atoms with Crippen LogP contribution in [-0.2, 0) is 12.8 Å². The molecule has 1 aliphatic rings. The van der Waals surface area contributed by atoms with Crippen LogP contribution in [0.25, 0.3) is 0 Å². The summed E-state index contributed by atoms with van der Waals surface area (Å²) in [6.07, 6.45) is 1.77. The highest BCUT2D eigenvalue weighted by Gasteiger charge is 2.23. The van der Waals surface area contributed by atoms with Crippen LogP contribution in [0.4, 0.5) is 0 Å². The fraction of sp³-hybridized carbons (Fsp3) is 0.278. The lowest BCUT2D eigenvalue weighted by molar-refractivity contribution is 0.0938. The van der Waals surface area contributed by atoms with Crippen LogP contribution in [0.15, 0.2) is 42.5 Å². The molecule has 0 bridgehead atoms. The quantitative estimate of drug-likeness (QED) is 0.943. The van der Waals surface area contributed by atoms with Gasteiger partial charge in [0.15, 0.2) is 11.5 Å². The zero-order chi connectivity index (χ0) is 15.5. The second kappa shape index (κ2) is 6.10. The number of methoxy groups -OCH3 is 2. The average molecular weight is 297 g/mol. The Kier molecular flexibility index (Phi) is 4.00. The molecule has 114 valence electrons. The summed E-state index contributed by atoms with van der Waals surface area (Å²) in [6.45, 7) is 0. The van der Waals surface area contributed by atoms with Crippen LogP contribution in [0.5, 0.6) is 11.5 Å². The van der Waals surface area contributed by atoms with E-state index in [2.05, 4.69) is 17.4 Å². The third-order valence-electron chi connectivity index (χ3n) is 4.03. The lowest BCUT2D eigenvalue weighted by Crippen LogP contribution is -2.35. The topological polar surface area (TPSA) is 47.6 Å². The third kappa shape index (κ3) is 2.77. The van der Waals surface area contributed by atoms with Gasteiger partial charge < -0.3 is 14.8 Å². The molecule has 0 aromatic heterocycles. The summed E-state index contributed by atoms with van der Waals surface area (Å²) in [7, 11) is 3.14. The van der Waals surface area contributed by atoms with E-state index in [1.54, 1.807) is 32.4 Å². The van der Waals surface area contributed by atoms with Crippen molar-refractivity contribution < 1.29 is 14.3 Å². The first-order valence-corrected chi connectivity index (χ1v) is 7.31. The molecule has 1 aliphatic carbocycles. The van der Waals surface area contributed by atoms with Crippen molar-refractivity contribution in [2.24, 2.45) is 0 Å². The number of hydrogen-bond donors (Lipinski definition) is 1. The van der Waals surface area contributed by atoms with Crippen molar-refractivity contribution in [3.05, 3.63) is 59.2 Å². The predicted octanol–water partition coefficient (Wildman–Crippen LogP) is 2.60. The van der Waals surface area contributed by atoms with E-state index in [0.29, 0.717) is 17.1 Å². The number of fused-ring (bicyclic) bond motifs is 1. The first-order valence-electron chi connectivity index (χ1n) is 7.31. The van der Waals surface area contributed by atoms with Crippen molar-refractivity contribution in [3.8, 4) is 11.5 Å². The molecule has 0 heterocycles. The number of carbonyl (C=O) groups excluding carboxylic acids is 1. The fourth-order valence-electron chi connectivity index (χ4n) is 2.91. The van der Waals surface area contributed by atoms with Crippen LogP contribution < -0.4 is 14.8 Å². The Bertz CT molecular complexity index is 671. The van der Waals surface area contributed by atoms with Gasteiger partial charge in [-0.05, 0) is 42.2 Å². The van der Waals surface area contributed by atoms with Crippen LogP contribution in [-0.4, -0.2) is 26.2 Å². The number of carbonyl (C=O) groups is 1. The van der Waals surface area contributed by atoms with Crippen molar-refractivity contribution in [3.63, 3.8) is 0 Å². The standard InChI is InChI=1S/C18H19NO3/c1-21-16-8-7-14(11-17(16)22-2)18(20)19-15-9-12-5-3-4-6-13(12)10-15/h3-8,11,15H,9-10H2,1-2H3,(H,19,20). The van der Waals surface area contributed by atoms with Gasteiger partial charge in [0.05, 0.1) is 14.2 Å². The highest BCUT2D eigenvalue weighted by Crippen LogP contribution is 2.28. The predicted molar refractivity (Wildman–Crippen MR) is 84.7 cm³/mol. The Morgan fingerprint density at radius 3 is 2.23 bits per heavy atom. The molecule has 3 rings (SSSR count). The van der Waals surface area contributed by atoms with E-state index in [9.17, 15) is 4.79 Å². The molecule has 2 aromatic carbocycles. The molecule has 1 N–H and O–H groups in total. The molecular weight excluding hydrogens is 278 g/mol. The summed E-state index contributed by atoms with van der Waals surface area (Å²) in [6, 6.07) is 13.7. The Balaban J connectivity index is 1.71. The van der Waals surface area contributed by atoms with Crippen LogP contribution in [0, 0.1) is 0 Å². The van der Waals surface area contributed by atoms with Gasteiger partial charge in [-0.3, -0.25) is 4.79 Å². The number of rotatable bonds is 4. The summed E-state index contributed by atoms with van der Waals surface area (Å²) >= 11 is 0. The van der Waals surface area contributed by atoms with Crippen molar-refractivity contribution in [2.75, 3.05) is 14.2 Å². The zero-order valence-corrected chi connectivity index (χ0v) is 12.8. The molecule has 0 spiro atoms. The largest absolute Gasteiger partial charge is 0.493 e. The second-order valence-electron chi connectivity index (χ2n) is 5.42. The van der Waals surface area contributed by atoms with Crippen LogP contribution in [0.1, 0.15) is 21.5 Å². The van der Waals surface area contributed by atoms with Crippen molar-refractivity contribution in [1.29, 1.82) is 0 Å². The first-order chi connectivity index (χ1) is 10.7. The van der Waals surface area contributed by atoms with Crippen molar-refractivity contribution in [1.82, 2.24) is 5.32 Å². The molecule has 0 radical (unpaired) electrons.